The van der Waals surface area contributed by atoms with Gasteiger partial charge in [-0.05, 0) is 74.2 Å². The molecule has 0 spiro atoms. The fourth-order valence-electron chi connectivity index (χ4n) is 3.41. The van der Waals surface area contributed by atoms with Crippen LogP contribution in [0, 0.1) is 0 Å². The van der Waals surface area contributed by atoms with Crippen molar-refractivity contribution in [3.8, 4) is 22.9 Å². The van der Waals surface area contributed by atoms with E-state index < -0.39 is 0 Å². The zero-order chi connectivity index (χ0) is 25.2. The van der Waals surface area contributed by atoms with E-state index >= 15 is 0 Å². The van der Waals surface area contributed by atoms with Crippen LogP contribution in [0.3, 0.4) is 0 Å². The van der Waals surface area contributed by atoms with Crippen LogP contribution in [0.1, 0.15) is 52.4 Å². The predicted octanol–water partition coefficient (Wildman–Crippen LogP) is 4.74. The molecule has 0 fully saturated rings. The number of hydrazine groups is 2. The zero-order valence-electron chi connectivity index (χ0n) is 20.5. The Labute approximate surface area is 207 Å². The van der Waals surface area contributed by atoms with Gasteiger partial charge in [0.2, 0.25) is 11.8 Å². The minimum Gasteiger partial charge on any atom is -0.416 e. The van der Waals surface area contributed by atoms with E-state index in [1.807, 2.05) is 48.5 Å². The van der Waals surface area contributed by atoms with Crippen LogP contribution in [0.25, 0.3) is 22.9 Å². The lowest BCUT2D eigenvalue weighted by atomic mass is 10.2. The average molecular weight is 477 g/mol. The first kappa shape index (κ1) is 25.8. The van der Waals surface area contributed by atoms with Gasteiger partial charge >= 0.3 is 0 Å². The van der Waals surface area contributed by atoms with Crippen molar-refractivity contribution in [3.63, 3.8) is 0 Å². The molecule has 0 amide bonds. The van der Waals surface area contributed by atoms with Crippen molar-refractivity contribution in [2.45, 2.75) is 52.4 Å². The Morgan fingerprint density at radius 3 is 1.43 bits per heavy atom. The van der Waals surface area contributed by atoms with Crippen molar-refractivity contribution in [2.24, 2.45) is 23.2 Å². The standard InChI is InChI=1S/C26H36N8O/c1-3-5-7-21(27)17-33(29)23-13-9-19(10-14-23)25-31-32-26(35-25)20-11-15-24(16-12-20)34(30)18-22(28)8-6-4-2/h9-18H,3-8,27-30H2,1-2H3/b21-17-,22-18-. The molecule has 3 aromatic rings. The lowest BCUT2D eigenvalue weighted by Crippen LogP contribution is -2.25. The molecule has 0 saturated carbocycles. The first-order chi connectivity index (χ1) is 16.9. The molecule has 2 aromatic carbocycles. The topological polar surface area (TPSA) is 149 Å². The monoisotopic (exact) mass is 476 g/mol. The first-order valence-corrected chi connectivity index (χ1v) is 12.0. The van der Waals surface area contributed by atoms with E-state index in [0.29, 0.717) is 11.8 Å². The first-order valence-electron chi connectivity index (χ1n) is 12.0. The van der Waals surface area contributed by atoms with E-state index in [1.165, 1.54) is 10.0 Å². The third kappa shape index (κ3) is 7.33. The molecule has 9 nitrogen and oxygen atoms in total. The van der Waals surface area contributed by atoms with Crippen LogP contribution in [0.4, 0.5) is 11.4 Å². The van der Waals surface area contributed by atoms with Crippen LogP contribution in [0.15, 0.2) is 76.7 Å². The normalized spacial score (nSPS) is 12.1. The van der Waals surface area contributed by atoms with E-state index in [0.717, 1.165) is 72.4 Å². The highest BCUT2D eigenvalue weighted by atomic mass is 16.4. The van der Waals surface area contributed by atoms with Gasteiger partial charge in [0.1, 0.15) is 0 Å². The number of benzene rings is 2. The van der Waals surface area contributed by atoms with E-state index in [2.05, 4.69) is 24.0 Å². The minimum atomic E-state index is 0.421. The largest absolute Gasteiger partial charge is 0.416 e. The van der Waals surface area contributed by atoms with Gasteiger partial charge in [0.15, 0.2) is 0 Å². The SMILES string of the molecule is CCCC/C(N)=C/N(N)c1ccc(-c2nnc(-c3ccc(N(N)/C=C(\N)CCCC)cc3)o2)cc1. The van der Waals surface area contributed by atoms with Gasteiger partial charge in [-0.1, -0.05) is 26.7 Å². The highest BCUT2D eigenvalue weighted by Crippen LogP contribution is 2.27. The molecule has 0 aliphatic heterocycles. The second kappa shape index (κ2) is 12.6. The maximum absolute atomic E-state index is 6.12. The van der Waals surface area contributed by atoms with Crippen LogP contribution in [-0.2, 0) is 0 Å². The molecule has 8 N–H and O–H groups in total. The van der Waals surface area contributed by atoms with Gasteiger partial charge in [-0.2, -0.15) is 0 Å². The number of nitrogens with zero attached hydrogens (tertiary/aromatic N) is 4. The van der Waals surface area contributed by atoms with Gasteiger partial charge in [0.05, 0.1) is 11.4 Å². The number of nitrogens with two attached hydrogens (primary N) is 4. The smallest absolute Gasteiger partial charge is 0.248 e. The van der Waals surface area contributed by atoms with Gasteiger partial charge in [-0.25, -0.2) is 11.7 Å². The Kier molecular flexibility index (Phi) is 9.28. The highest BCUT2D eigenvalue weighted by molar-refractivity contribution is 5.63. The van der Waals surface area contributed by atoms with Gasteiger partial charge in [-0.3, -0.25) is 10.0 Å². The van der Waals surface area contributed by atoms with Gasteiger partial charge < -0.3 is 15.9 Å². The van der Waals surface area contributed by atoms with E-state index in [9.17, 15) is 0 Å². The molecule has 35 heavy (non-hydrogen) atoms. The summed E-state index contributed by atoms with van der Waals surface area (Å²) in [6.45, 7) is 4.25. The number of rotatable bonds is 12. The number of aromatic nitrogens is 2. The molecule has 3 rings (SSSR count). The molecule has 0 aliphatic carbocycles. The highest BCUT2D eigenvalue weighted by Gasteiger charge is 2.12. The molecule has 0 saturated heterocycles. The van der Waals surface area contributed by atoms with Crippen LogP contribution in [-0.4, -0.2) is 10.2 Å². The molecule has 0 radical (unpaired) electrons. The Morgan fingerprint density at radius 1 is 0.714 bits per heavy atom. The lowest BCUT2D eigenvalue weighted by molar-refractivity contribution is 0.584. The fourth-order valence-corrected chi connectivity index (χ4v) is 3.41. The van der Waals surface area contributed by atoms with Crippen molar-refractivity contribution >= 4 is 11.4 Å². The summed E-state index contributed by atoms with van der Waals surface area (Å²) in [6.07, 6.45) is 9.37. The maximum Gasteiger partial charge on any atom is 0.248 e. The summed E-state index contributed by atoms with van der Waals surface area (Å²) in [7, 11) is 0. The van der Waals surface area contributed by atoms with E-state index in [-0.39, 0.29) is 0 Å². The third-order valence-corrected chi connectivity index (χ3v) is 5.50. The summed E-state index contributed by atoms with van der Waals surface area (Å²) in [4.78, 5) is 0. The fraction of sp³-hybridized carbons (Fsp3) is 0.308. The quantitative estimate of drug-likeness (QED) is 0.214. The van der Waals surface area contributed by atoms with Crippen molar-refractivity contribution in [1.82, 2.24) is 10.2 Å². The van der Waals surface area contributed by atoms with Crippen LogP contribution in [0.5, 0.6) is 0 Å². The van der Waals surface area contributed by atoms with Crippen LogP contribution < -0.4 is 33.2 Å². The molecule has 9 heteroatoms. The summed E-state index contributed by atoms with van der Waals surface area (Å²) in [5.41, 5.74) is 16.8. The van der Waals surface area contributed by atoms with Gasteiger partial charge in [-0.15, -0.1) is 10.2 Å². The molecule has 1 heterocycles. The van der Waals surface area contributed by atoms with Gasteiger partial charge in [0.25, 0.3) is 0 Å². The van der Waals surface area contributed by atoms with Crippen molar-refractivity contribution in [3.05, 3.63) is 72.3 Å². The summed E-state index contributed by atoms with van der Waals surface area (Å²) < 4.78 is 5.90. The molecular formula is C26H36N8O. The Hall–Kier alpha value is -3.82. The Morgan fingerprint density at radius 2 is 1.09 bits per heavy atom. The number of anilines is 2. The molecule has 0 aliphatic rings. The van der Waals surface area contributed by atoms with E-state index in [1.54, 1.807) is 12.4 Å². The maximum atomic E-state index is 6.12. The number of unbranched alkanes of at least 4 members (excludes halogenated alkanes) is 2. The number of hydrogen-bond acceptors (Lipinski definition) is 9. The third-order valence-electron chi connectivity index (χ3n) is 5.50. The second-order valence-electron chi connectivity index (χ2n) is 8.44. The Balaban J connectivity index is 1.67. The summed E-state index contributed by atoms with van der Waals surface area (Å²) in [6, 6.07) is 15.1. The summed E-state index contributed by atoms with van der Waals surface area (Å²) in [5.74, 6) is 13.1. The zero-order valence-corrected chi connectivity index (χ0v) is 20.5. The van der Waals surface area contributed by atoms with Gasteiger partial charge in [0, 0.05) is 34.9 Å². The van der Waals surface area contributed by atoms with Crippen molar-refractivity contribution < 1.29 is 4.42 Å². The van der Waals surface area contributed by atoms with Crippen LogP contribution in [0.2, 0.25) is 0 Å². The summed E-state index contributed by atoms with van der Waals surface area (Å²) in [5, 5.41) is 11.4. The number of hydrogen-bond donors (Lipinski definition) is 4. The summed E-state index contributed by atoms with van der Waals surface area (Å²) >= 11 is 0. The molecule has 0 atom stereocenters. The van der Waals surface area contributed by atoms with Crippen molar-refractivity contribution in [1.29, 1.82) is 0 Å². The molecular weight excluding hydrogens is 440 g/mol. The molecule has 186 valence electrons. The molecule has 1 aromatic heterocycles. The minimum absolute atomic E-state index is 0.421. The predicted molar refractivity (Wildman–Crippen MR) is 142 cm³/mol. The Bertz CT molecular complexity index is 1030. The van der Waals surface area contributed by atoms with Crippen molar-refractivity contribution in [2.75, 3.05) is 10.0 Å². The average Bonchev–Trinajstić information content (AvgIpc) is 3.36. The van der Waals surface area contributed by atoms with Crippen LogP contribution >= 0.6 is 0 Å². The molecule has 0 bridgehead atoms. The molecule has 0 unspecified atom stereocenters. The second-order valence-corrected chi connectivity index (χ2v) is 8.44. The van der Waals surface area contributed by atoms with E-state index in [4.69, 9.17) is 27.6 Å². The number of allylic oxidation sites excluding steroid dienone is 2. The lowest BCUT2D eigenvalue weighted by Gasteiger charge is -2.15.